The van der Waals surface area contributed by atoms with E-state index in [1.165, 1.54) is 11.1 Å². The molecule has 1 aliphatic rings. The minimum atomic E-state index is 0.985. The molecule has 0 unspecified atom stereocenters. The van der Waals surface area contributed by atoms with Crippen molar-refractivity contribution in [1.29, 1.82) is 0 Å². The van der Waals surface area contributed by atoms with Crippen LogP contribution in [-0.2, 0) is 0 Å². The molecule has 0 atom stereocenters. The topological polar surface area (TPSA) is 0 Å². The van der Waals surface area contributed by atoms with E-state index in [-0.39, 0.29) is 0 Å². The van der Waals surface area contributed by atoms with Crippen LogP contribution in [0.2, 0.25) is 0 Å². The van der Waals surface area contributed by atoms with E-state index in [1.807, 2.05) is 6.08 Å². The summed E-state index contributed by atoms with van der Waals surface area (Å²) in [5.41, 5.74) is 2.65. The van der Waals surface area contributed by atoms with Crippen molar-refractivity contribution < 1.29 is 0 Å². The first-order chi connectivity index (χ1) is 3.80. The summed E-state index contributed by atoms with van der Waals surface area (Å²) in [5.74, 6) is 0. The van der Waals surface area contributed by atoms with Crippen molar-refractivity contribution >= 4 is 0 Å². The number of rotatable bonds is 0. The molecule has 0 nitrogen and oxygen atoms in total. The predicted molar refractivity (Wildman–Crippen MR) is 34.0 cm³/mol. The molecule has 0 bridgehead atoms. The molecule has 0 aromatic rings. The minimum absolute atomic E-state index is 0.985. The monoisotopic (exact) mass is 105 g/mol. The fourth-order valence-electron chi connectivity index (χ4n) is 0.619. The van der Waals surface area contributed by atoms with Crippen LogP contribution in [0.25, 0.3) is 0 Å². The van der Waals surface area contributed by atoms with E-state index in [9.17, 15) is 0 Å². The van der Waals surface area contributed by atoms with Crippen molar-refractivity contribution in [2.45, 2.75) is 20.3 Å². The fraction of sp³-hybridized carbons (Fsp3) is 0.375. The first-order valence-corrected chi connectivity index (χ1v) is 2.78. The molecular formula is C8H9. The van der Waals surface area contributed by atoms with Crippen LogP contribution in [-0.4, -0.2) is 0 Å². The van der Waals surface area contributed by atoms with Crippen molar-refractivity contribution in [3.8, 4) is 0 Å². The molecule has 1 rings (SSSR count). The lowest BCUT2D eigenvalue weighted by Crippen LogP contribution is -1.87. The van der Waals surface area contributed by atoms with Crippen molar-refractivity contribution in [1.82, 2.24) is 0 Å². The van der Waals surface area contributed by atoms with Gasteiger partial charge in [0.25, 0.3) is 0 Å². The maximum atomic E-state index is 3.08. The molecule has 0 heteroatoms. The molecule has 1 aliphatic carbocycles. The first-order valence-electron chi connectivity index (χ1n) is 2.78. The molecule has 3 radical (unpaired) electrons. The average molecular weight is 105 g/mol. The Balaban J connectivity index is 2.76. The SMILES string of the molecule is CC1=C(C)C[C]C=[C]1. The van der Waals surface area contributed by atoms with E-state index in [4.69, 9.17) is 0 Å². The van der Waals surface area contributed by atoms with Crippen molar-refractivity contribution in [3.05, 3.63) is 29.7 Å². The Bertz CT molecular complexity index is 138. The molecule has 0 heterocycles. The molecule has 0 N–H and O–H groups in total. The summed E-state index contributed by atoms with van der Waals surface area (Å²) in [6.45, 7) is 4.19. The van der Waals surface area contributed by atoms with Crippen LogP contribution in [0.15, 0.2) is 17.2 Å². The van der Waals surface area contributed by atoms with Crippen molar-refractivity contribution in [2.75, 3.05) is 0 Å². The van der Waals surface area contributed by atoms with Gasteiger partial charge in [-0.3, -0.25) is 0 Å². The highest BCUT2D eigenvalue weighted by Crippen LogP contribution is 2.15. The summed E-state index contributed by atoms with van der Waals surface area (Å²) in [6, 6.07) is 0. The molecule has 0 amide bonds. The first kappa shape index (κ1) is 5.61. The standard InChI is InChI=1S/C8H9/c1-7-5-3-4-6-8(7)2/h3H,6H2,1-2H3. The summed E-state index contributed by atoms with van der Waals surface area (Å²) < 4.78 is 0. The van der Waals surface area contributed by atoms with Crippen LogP contribution in [0.3, 0.4) is 0 Å². The van der Waals surface area contributed by atoms with E-state index in [0.29, 0.717) is 0 Å². The average Bonchev–Trinajstić information content (AvgIpc) is 1.77. The van der Waals surface area contributed by atoms with Crippen LogP contribution >= 0.6 is 0 Å². The van der Waals surface area contributed by atoms with Gasteiger partial charge in [0.2, 0.25) is 0 Å². The summed E-state index contributed by atoms with van der Waals surface area (Å²) in [4.78, 5) is 0. The molecular weight excluding hydrogens is 96.1 g/mol. The van der Waals surface area contributed by atoms with Crippen LogP contribution < -0.4 is 0 Å². The third-order valence-corrected chi connectivity index (χ3v) is 1.40. The highest BCUT2D eigenvalue weighted by atomic mass is 14.0. The van der Waals surface area contributed by atoms with Gasteiger partial charge in [-0.2, -0.15) is 0 Å². The minimum Gasteiger partial charge on any atom is -0.0689 e. The van der Waals surface area contributed by atoms with E-state index >= 15 is 0 Å². The summed E-state index contributed by atoms with van der Waals surface area (Å²) in [7, 11) is 0. The molecule has 8 heavy (non-hydrogen) atoms. The smallest absolute Gasteiger partial charge is 0.0134 e. The molecule has 0 saturated heterocycles. The van der Waals surface area contributed by atoms with Gasteiger partial charge in [-0.1, -0.05) is 11.6 Å². The molecule has 0 fully saturated rings. The molecule has 0 saturated carbocycles. The van der Waals surface area contributed by atoms with Gasteiger partial charge in [0.15, 0.2) is 0 Å². The summed E-state index contributed by atoms with van der Waals surface area (Å²) in [5, 5.41) is 0. The van der Waals surface area contributed by atoms with E-state index in [2.05, 4.69) is 26.3 Å². The van der Waals surface area contributed by atoms with Crippen molar-refractivity contribution in [2.24, 2.45) is 0 Å². The van der Waals surface area contributed by atoms with Gasteiger partial charge in [0.1, 0.15) is 0 Å². The van der Waals surface area contributed by atoms with Crippen LogP contribution in [0.4, 0.5) is 0 Å². The Kier molecular flexibility index (Phi) is 1.52. The largest absolute Gasteiger partial charge is 0.0689 e. The Morgan fingerprint density at radius 1 is 1.50 bits per heavy atom. The van der Waals surface area contributed by atoms with E-state index in [1.54, 1.807) is 0 Å². The van der Waals surface area contributed by atoms with Crippen LogP contribution in [0.1, 0.15) is 20.3 Å². The van der Waals surface area contributed by atoms with Gasteiger partial charge < -0.3 is 0 Å². The van der Waals surface area contributed by atoms with Crippen LogP contribution in [0.5, 0.6) is 0 Å². The zero-order chi connectivity index (χ0) is 5.98. The van der Waals surface area contributed by atoms with Crippen molar-refractivity contribution in [3.63, 3.8) is 0 Å². The highest BCUT2D eigenvalue weighted by Gasteiger charge is 1.97. The molecule has 0 aromatic carbocycles. The third kappa shape index (κ3) is 1.00. The second kappa shape index (κ2) is 2.17. The van der Waals surface area contributed by atoms with Gasteiger partial charge >= 0.3 is 0 Å². The second-order valence-corrected chi connectivity index (χ2v) is 2.07. The second-order valence-electron chi connectivity index (χ2n) is 2.07. The maximum absolute atomic E-state index is 3.08. The zero-order valence-corrected chi connectivity index (χ0v) is 5.28. The third-order valence-electron chi connectivity index (χ3n) is 1.40. The van der Waals surface area contributed by atoms with Gasteiger partial charge in [-0.05, 0) is 31.9 Å². The Labute approximate surface area is 50.9 Å². The Hall–Kier alpha value is -0.520. The zero-order valence-electron chi connectivity index (χ0n) is 5.28. The lowest BCUT2D eigenvalue weighted by Gasteiger charge is -2.04. The Morgan fingerprint density at radius 3 is 2.62 bits per heavy atom. The number of hydrogen-bond donors (Lipinski definition) is 0. The lowest BCUT2D eigenvalue weighted by molar-refractivity contribution is 1.08. The maximum Gasteiger partial charge on any atom is 0.0134 e. The number of allylic oxidation sites excluding steroid dienone is 4. The quantitative estimate of drug-likeness (QED) is 0.443. The van der Waals surface area contributed by atoms with E-state index in [0.717, 1.165) is 6.42 Å². The van der Waals surface area contributed by atoms with E-state index < -0.39 is 0 Å². The van der Waals surface area contributed by atoms with Gasteiger partial charge in [-0.15, -0.1) is 0 Å². The fourth-order valence-corrected chi connectivity index (χ4v) is 0.619. The normalized spacial score (nSPS) is 19.8. The summed E-state index contributed by atoms with van der Waals surface area (Å²) >= 11 is 0. The molecule has 0 spiro atoms. The lowest BCUT2D eigenvalue weighted by atomic mass is 10.0. The van der Waals surface area contributed by atoms with Gasteiger partial charge in [0, 0.05) is 6.42 Å². The van der Waals surface area contributed by atoms with Gasteiger partial charge in [-0.25, -0.2) is 0 Å². The molecule has 0 aliphatic heterocycles. The highest BCUT2D eigenvalue weighted by molar-refractivity contribution is 5.25. The van der Waals surface area contributed by atoms with Crippen LogP contribution in [0, 0.1) is 12.5 Å². The molecule has 41 valence electrons. The van der Waals surface area contributed by atoms with Gasteiger partial charge in [0.05, 0.1) is 0 Å². The number of hydrogen-bond acceptors (Lipinski definition) is 0. The Morgan fingerprint density at radius 2 is 2.25 bits per heavy atom. The predicted octanol–water partition coefficient (Wildman–Crippen LogP) is 2.17. The molecule has 0 aromatic heterocycles. The summed E-state index contributed by atoms with van der Waals surface area (Å²) in [6.07, 6.45) is 8.99.